The summed E-state index contributed by atoms with van der Waals surface area (Å²) in [6, 6.07) is 9.18. The largest absolute Gasteiger partial charge is 0.481 e. The van der Waals surface area contributed by atoms with E-state index in [4.69, 9.17) is 14.2 Å². The number of benzene rings is 2. The molecule has 2 amide bonds. The van der Waals surface area contributed by atoms with Crippen molar-refractivity contribution in [1.82, 2.24) is 15.2 Å². The Balaban J connectivity index is 1.53. The normalized spacial score (nSPS) is 17.7. The number of pyridine rings is 1. The SMILES string of the molecule is COc1ccc2c(CO)ccc(CC(NC(=O)OC(C)(C)C)C3CCC(N(CC=Cc4cc(F)ccc4F)C(=O)O)CO3)c2n1. The average molecular weight is 628 g/mol. The van der Waals surface area contributed by atoms with Crippen LogP contribution in [0.25, 0.3) is 17.0 Å². The highest BCUT2D eigenvalue weighted by Gasteiger charge is 2.34. The Kier molecular flexibility index (Phi) is 10.9. The number of aliphatic hydroxyl groups excluding tert-OH is 1. The molecule has 0 radical (unpaired) electrons. The highest BCUT2D eigenvalue weighted by molar-refractivity contribution is 5.86. The first kappa shape index (κ1) is 33.6. The molecule has 1 aromatic heterocycles. The van der Waals surface area contributed by atoms with Gasteiger partial charge in [0.05, 0.1) is 44.0 Å². The molecule has 2 heterocycles. The van der Waals surface area contributed by atoms with Crippen LogP contribution in [0.5, 0.6) is 5.88 Å². The second-order valence-electron chi connectivity index (χ2n) is 11.9. The van der Waals surface area contributed by atoms with Crippen LogP contribution in [0.15, 0.2) is 48.5 Å². The first-order valence-corrected chi connectivity index (χ1v) is 14.7. The van der Waals surface area contributed by atoms with Gasteiger partial charge in [-0.2, -0.15) is 0 Å². The number of ether oxygens (including phenoxy) is 3. The van der Waals surface area contributed by atoms with Crippen molar-refractivity contribution < 1.29 is 42.8 Å². The van der Waals surface area contributed by atoms with Crippen molar-refractivity contribution in [3.63, 3.8) is 0 Å². The number of halogens is 2. The maximum atomic E-state index is 14.0. The molecule has 2 aromatic carbocycles. The van der Waals surface area contributed by atoms with Crippen LogP contribution >= 0.6 is 0 Å². The second-order valence-corrected chi connectivity index (χ2v) is 11.9. The van der Waals surface area contributed by atoms with Gasteiger partial charge in [-0.3, -0.25) is 4.90 Å². The zero-order valence-corrected chi connectivity index (χ0v) is 25.8. The van der Waals surface area contributed by atoms with Gasteiger partial charge in [-0.15, -0.1) is 0 Å². The van der Waals surface area contributed by atoms with E-state index in [1.54, 1.807) is 26.8 Å². The Labute approximate surface area is 260 Å². The maximum absolute atomic E-state index is 14.0. The Bertz CT molecular complexity index is 1530. The molecule has 3 unspecified atom stereocenters. The molecule has 0 saturated carbocycles. The number of hydrogen-bond acceptors (Lipinski definition) is 7. The Hall–Kier alpha value is -4.29. The maximum Gasteiger partial charge on any atom is 0.407 e. The molecule has 1 saturated heterocycles. The lowest BCUT2D eigenvalue weighted by Crippen LogP contribution is -2.52. The van der Waals surface area contributed by atoms with E-state index in [0.717, 1.165) is 29.1 Å². The third kappa shape index (κ3) is 8.89. The minimum atomic E-state index is -1.18. The minimum Gasteiger partial charge on any atom is -0.481 e. The molecule has 12 heteroatoms. The lowest BCUT2D eigenvalue weighted by atomic mass is 9.92. The van der Waals surface area contributed by atoms with Gasteiger partial charge in [-0.25, -0.2) is 23.4 Å². The van der Waals surface area contributed by atoms with Gasteiger partial charge in [0.25, 0.3) is 0 Å². The Morgan fingerprint density at radius 2 is 1.91 bits per heavy atom. The number of carbonyl (C=O) groups is 2. The molecule has 1 aliphatic heterocycles. The summed E-state index contributed by atoms with van der Waals surface area (Å²) < 4.78 is 44.6. The van der Waals surface area contributed by atoms with E-state index in [-0.39, 0.29) is 25.3 Å². The van der Waals surface area contributed by atoms with Crippen LogP contribution < -0.4 is 10.1 Å². The highest BCUT2D eigenvalue weighted by atomic mass is 19.1. The van der Waals surface area contributed by atoms with Gasteiger partial charge in [0, 0.05) is 23.6 Å². The van der Waals surface area contributed by atoms with Crippen LogP contribution in [0.3, 0.4) is 0 Å². The van der Waals surface area contributed by atoms with E-state index in [1.165, 1.54) is 24.2 Å². The van der Waals surface area contributed by atoms with E-state index in [1.807, 2.05) is 18.2 Å². The number of aliphatic hydroxyl groups is 1. The van der Waals surface area contributed by atoms with Crippen molar-refractivity contribution >= 4 is 29.2 Å². The van der Waals surface area contributed by atoms with Crippen molar-refractivity contribution in [2.45, 2.75) is 70.4 Å². The quantitative estimate of drug-likeness (QED) is 0.261. The Morgan fingerprint density at radius 3 is 2.56 bits per heavy atom. The molecule has 45 heavy (non-hydrogen) atoms. The molecule has 0 aliphatic carbocycles. The summed E-state index contributed by atoms with van der Waals surface area (Å²) in [4.78, 5) is 30.8. The molecule has 3 aromatic rings. The number of carbonyl (C=O) groups excluding carboxylic acids is 1. The van der Waals surface area contributed by atoms with Crippen molar-refractivity contribution in [1.29, 1.82) is 0 Å². The van der Waals surface area contributed by atoms with Gasteiger partial charge in [0.1, 0.15) is 17.2 Å². The van der Waals surface area contributed by atoms with E-state index < -0.39 is 47.6 Å². The summed E-state index contributed by atoms with van der Waals surface area (Å²) in [5.41, 5.74) is 1.38. The third-order valence-electron chi connectivity index (χ3n) is 7.51. The van der Waals surface area contributed by atoms with Crippen molar-refractivity contribution in [2.24, 2.45) is 0 Å². The molecular weight excluding hydrogens is 588 g/mol. The molecule has 1 fully saturated rings. The molecule has 0 spiro atoms. The van der Waals surface area contributed by atoms with Crippen LogP contribution in [0.1, 0.15) is 50.3 Å². The van der Waals surface area contributed by atoms with Crippen LogP contribution in [0, 0.1) is 11.6 Å². The van der Waals surface area contributed by atoms with Crippen molar-refractivity contribution in [2.75, 3.05) is 20.3 Å². The molecule has 3 atom stereocenters. The number of methoxy groups -OCH3 is 1. The predicted octanol–water partition coefficient (Wildman–Crippen LogP) is 5.69. The van der Waals surface area contributed by atoms with Crippen LogP contribution in [-0.4, -0.2) is 76.3 Å². The number of rotatable bonds is 10. The van der Waals surface area contributed by atoms with Crippen molar-refractivity contribution in [3.05, 3.63) is 76.9 Å². The summed E-state index contributed by atoms with van der Waals surface area (Å²) >= 11 is 0. The minimum absolute atomic E-state index is 0.0167. The van der Waals surface area contributed by atoms with Crippen LogP contribution in [0.2, 0.25) is 0 Å². The molecule has 4 rings (SSSR count). The number of alkyl carbamates (subject to hydrolysis) is 1. The molecule has 10 nitrogen and oxygen atoms in total. The monoisotopic (exact) mass is 627 g/mol. The van der Waals surface area contributed by atoms with E-state index in [0.29, 0.717) is 36.2 Å². The molecule has 0 bridgehead atoms. The number of nitrogens with zero attached hydrogens (tertiary/aromatic N) is 2. The topological polar surface area (TPSA) is 130 Å². The first-order valence-electron chi connectivity index (χ1n) is 14.7. The fourth-order valence-electron chi connectivity index (χ4n) is 5.34. The smallest absolute Gasteiger partial charge is 0.407 e. The zero-order chi connectivity index (χ0) is 32.7. The standard InChI is InChI=1S/C33H39F2N3O7/c1-33(2,3)45-31(40)36-27(17-21-7-8-22(18-39)25-11-14-29(43-4)37-30(21)25)28-13-10-24(19-44-28)38(32(41)42)15-5-6-20-16-23(34)9-12-26(20)35/h5-9,11-12,14,16,24,27-28,39H,10,13,15,17-19H2,1-4H3,(H,36,40)(H,41,42). The number of aromatic nitrogens is 1. The van der Waals surface area contributed by atoms with Crippen LogP contribution in [0.4, 0.5) is 18.4 Å². The van der Waals surface area contributed by atoms with Gasteiger partial charge < -0.3 is 29.7 Å². The summed E-state index contributed by atoms with van der Waals surface area (Å²) in [7, 11) is 1.51. The number of nitrogens with one attached hydrogen (secondary N) is 1. The molecule has 242 valence electrons. The molecule has 3 N–H and O–H groups in total. The lowest BCUT2D eigenvalue weighted by Gasteiger charge is -2.38. The van der Waals surface area contributed by atoms with Crippen LogP contribution in [-0.2, 0) is 22.5 Å². The fourth-order valence-corrected chi connectivity index (χ4v) is 5.34. The zero-order valence-electron chi connectivity index (χ0n) is 25.8. The van der Waals surface area contributed by atoms with E-state index in [2.05, 4.69) is 10.3 Å². The van der Waals surface area contributed by atoms with Gasteiger partial charge in [0.15, 0.2) is 0 Å². The average Bonchev–Trinajstić information content (AvgIpc) is 2.99. The number of fused-ring (bicyclic) bond motifs is 1. The summed E-state index contributed by atoms with van der Waals surface area (Å²) in [5, 5.41) is 23.5. The molecule has 1 aliphatic rings. The van der Waals surface area contributed by atoms with Gasteiger partial charge in [0.2, 0.25) is 5.88 Å². The Morgan fingerprint density at radius 1 is 1.16 bits per heavy atom. The first-order chi connectivity index (χ1) is 21.4. The second kappa shape index (κ2) is 14.7. The lowest BCUT2D eigenvalue weighted by molar-refractivity contribution is -0.0470. The summed E-state index contributed by atoms with van der Waals surface area (Å²) in [5.74, 6) is -0.816. The van der Waals surface area contributed by atoms with E-state index in [9.17, 15) is 28.6 Å². The van der Waals surface area contributed by atoms with Gasteiger partial charge in [-0.1, -0.05) is 24.3 Å². The van der Waals surface area contributed by atoms with Gasteiger partial charge >= 0.3 is 12.2 Å². The van der Waals surface area contributed by atoms with E-state index >= 15 is 0 Å². The molecular formula is C33H39F2N3O7. The summed E-state index contributed by atoms with van der Waals surface area (Å²) in [6.45, 7) is 5.11. The third-order valence-corrected chi connectivity index (χ3v) is 7.51. The number of hydrogen-bond donors (Lipinski definition) is 3. The summed E-state index contributed by atoms with van der Waals surface area (Å²) in [6.07, 6.45) is 1.68. The highest BCUT2D eigenvalue weighted by Crippen LogP contribution is 2.28. The van der Waals surface area contributed by atoms with Crippen molar-refractivity contribution in [3.8, 4) is 5.88 Å². The predicted molar refractivity (Wildman–Crippen MR) is 164 cm³/mol. The van der Waals surface area contributed by atoms with Gasteiger partial charge in [-0.05, 0) is 75.4 Å². The fraction of sp³-hybridized carbons (Fsp3) is 0.424. The number of carboxylic acid groups (broad SMARTS) is 1. The number of amides is 2.